The molecule has 0 bridgehead atoms. The van der Waals surface area contributed by atoms with Gasteiger partial charge in [-0.3, -0.25) is 4.79 Å². The maximum atomic E-state index is 12.7. The van der Waals surface area contributed by atoms with Crippen LogP contribution in [0.15, 0.2) is 30.3 Å². The van der Waals surface area contributed by atoms with Gasteiger partial charge in [0.05, 0.1) is 7.11 Å². The van der Waals surface area contributed by atoms with E-state index in [9.17, 15) is 14.4 Å². The molecule has 0 aliphatic rings. The van der Waals surface area contributed by atoms with Crippen LogP contribution in [0.4, 0.5) is 4.79 Å². The van der Waals surface area contributed by atoms with Crippen molar-refractivity contribution in [3.63, 3.8) is 0 Å². The Kier molecular flexibility index (Phi) is 8.28. The molecule has 0 heterocycles. The van der Waals surface area contributed by atoms with Crippen LogP contribution in [0.5, 0.6) is 0 Å². The lowest BCUT2D eigenvalue weighted by molar-refractivity contribution is -0.145. The van der Waals surface area contributed by atoms with Crippen LogP contribution in [0.2, 0.25) is 0 Å². The molecular weight excluding hydrogens is 348 g/mol. The Balaban J connectivity index is 2.85. The van der Waals surface area contributed by atoms with Crippen molar-refractivity contribution in [1.29, 1.82) is 0 Å². The molecule has 0 aliphatic carbocycles. The van der Waals surface area contributed by atoms with Crippen molar-refractivity contribution in [2.45, 2.75) is 58.7 Å². The molecule has 2 atom stereocenters. The lowest BCUT2D eigenvalue weighted by Crippen LogP contribution is -2.55. The number of nitrogens with one attached hydrogen (secondary N) is 2. The second-order valence-corrected chi connectivity index (χ2v) is 7.64. The summed E-state index contributed by atoms with van der Waals surface area (Å²) in [5.41, 5.74) is 0.207. The zero-order valence-corrected chi connectivity index (χ0v) is 16.9. The lowest BCUT2D eigenvalue weighted by Gasteiger charge is -2.26. The summed E-state index contributed by atoms with van der Waals surface area (Å²) in [6.07, 6.45) is -0.398. The largest absolute Gasteiger partial charge is 0.467 e. The third kappa shape index (κ3) is 8.11. The Morgan fingerprint density at radius 3 is 2.11 bits per heavy atom. The molecule has 0 spiro atoms. The van der Waals surface area contributed by atoms with Gasteiger partial charge in [-0.25, -0.2) is 9.59 Å². The molecule has 2 amide bonds. The van der Waals surface area contributed by atoms with E-state index in [0.717, 1.165) is 5.56 Å². The highest BCUT2D eigenvalue weighted by atomic mass is 16.6. The van der Waals surface area contributed by atoms with Crippen LogP contribution < -0.4 is 10.6 Å². The Bertz CT molecular complexity index is 638. The van der Waals surface area contributed by atoms with Gasteiger partial charge in [0, 0.05) is 6.42 Å². The van der Waals surface area contributed by atoms with Crippen LogP contribution in [0, 0.1) is 5.92 Å². The maximum absolute atomic E-state index is 12.7. The normalized spacial score (nSPS) is 13.4. The molecule has 0 saturated heterocycles. The molecule has 0 saturated carbocycles. The van der Waals surface area contributed by atoms with E-state index in [1.54, 1.807) is 34.6 Å². The first-order chi connectivity index (χ1) is 12.5. The fraction of sp³-hybridized carbons (Fsp3) is 0.550. The number of amides is 2. The molecule has 0 radical (unpaired) electrons. The van der Waals surface area contributed by atoms with Gasteiger partial charge in [0.1, 0.15) is 17.7 Å². The maximum Gasteiger partial charge on any atom is 0.408 e. The molecule has 150 valence electrons. The molecule has 1 rings (SSSR count). The highest BCUT2D eigenvalue weighted by Crippen LogP contribution is 2.10. The van der Waals surface area contributed by atoms with Gasteiger partial charge in [-0.2, -0.15) is 0 Å². The molecule has 27 heavy (non-hydrogen) atoms. The number of rotatable bonds is 7. The van der Waals surface area contributed by atoms with Crippen LogP contribution in [0.25, 0.3) is 0 Å². The minimum absolute atomic E-state index is 0.201. The second-order valence-electron chi connectivity index (χ2n) is 7.64. The predicted octanol–water partition coefficient (Wildman–Crippen LogP) is 2.44. The van der Waals surface area contributed by atoms with E-state index in [-0.39, 0.29) is 12.3 Å². The zero-order valence-electron chi connectivity index (χ0n) is 16.9. The molecule has 7 nitrogen and oxygen atoms in total. The first kappa shape index (κ1) is 22.5. The SMILES string of the molecule is COC(=O)[C@@H](Cc1ccccc1)NC(=O)[C@@H](NC(=O)OC(C)(C)C)C(C)C. The van der Waals surface area contributed by atoms with Gasteiger partial charge in [0.25, 0.3) is 0 Å². The first-order valence-electron chi connectivity index (χ1n) is 8.95. The average Bonchev–Trinajstić information content (AvgIpc) is 2.57. The Morgan fingerprint density at radius 2 is 1.63 bits per heavy atom. The van der Waals surface area contributed by atoms with Crippen LogP contribution in [-0.2, 0) is 25.5 Å². The number of ether oxygens (including phenoxy) is 2. The van der Waals surface area contributed by atoms with Crippen molar-refractivity contribution >= 4 is 18.0 Å². The quantitative estimate of drug-likeness (QED) is 0.711. The van der Waals surface area contributed by atoms with Crippen LogP contribution in [-0.4, -0.2) is 42.8 Å². The van der Waals surface area contributed by atoms with E-state index >= 15 is 0 Å². The van der Waals surface area contributed by atoms with E-state index < -0.39 is 35.7 Å². The van der Waals surface area contributed by atoms with Crippen molar-refractivity contribution in [2.75, 3.05) is 7.11 Å². The van der Waals surface area contributed by atoms with Gasteiger partial charge < -0.3 is 20.1 Å². The Hall–Kier alpha value is -2.57. The van der Waals surface area contributed by atoms with Gasteiger partial charge in [0.15, 0.2) is 0 Å². The van der Waals surface area contributed by atoms with Gasteiger partial charge in [-0.15, -0.1) is 0 Å². The number of hydrogen-bond donors (Lipinski definition) is 2. The molecule has 1 aromatic carbocycles. The molecule has 1 aromatic rings. The molecule has 0 aromatic heterocycles. The standard InChI is InChI=1S/C20H30N2O5/c1-13(2)16(22-19(25)27-20(3,4)5)17(23)21-15(18(24)26-6)12-14-10-8-7-9-11-14/h7-11,13,15-16H,12H2,1-6H3,(H,21,23)(H,22,25)/t15-,16+/m1/s1. The number of carbonyl (C=O) groups is 3. The monoisotopic (exact) mass is 378 g/mol. The summed E-state index contributed by atoms with van der Waals surface area (Å²) in [5.74, 6) is -1.22. The first-order valence-corrected chi connectivity index (χ1v) is 8.95. The predicted molar refractivity (Wildman–Crippen MR) is 102 cm³/mol. The third-order valence-corrected chi connectivity index (χ3v) is 3.71. The van der Waals surface area contributed by atoms with E-state index in [1.165, 1.54) is 7.11 Å². The minimum Gasteiger partial charge on any atom is -0.467 e. The summed E-state index contributed by atoms with van der Waals surface area (Å²) in [6.45, 7) is 8.82. The van der Waals surface area contributed by atoms with Crippen LogP contribution in [0.3, 0.4) is 0 Å². The number of alkyl carbamates (subject to hydrolysis) is 1. The summed E-state index contributed by atoms with van der Waals surface area (Å²) in [5, 5.41) is 5.26. The van der Waals surface area contributed by atoms with Crippen molar-refractivity contribution in [2.24, 2.45) is 5.92 Å². The molecular formula is C20H30N2O5. The summed E-state index contributed by atoms with van der Waals surface area (Å²) in [4.78, 5) is 36.9. The van der Waals surface area contributed by atoms with Gasteiger partial charge in [-0.1, -0.05) is 44.2 Å². The fourth-order valence-electron chi connectivity index (χ4n) is 2.42. The fourth-order valence-corrected chi connectivity index (χ4v) is 2.42. The van der Waals surface area contributed by atoms with Crippen molar-refractivity contribution in [3.05, 3.63) is 35.9 Å². The van der Waals surface area contributed by atoms with Crippen molar-refractivity contribution in [1.82, 2.24) is 10.6 Å². The molecule has 0 aliphatic heterocycles. The van der Waals surface area contributed by atoms with Crippen molar-refractivity contribution in [3.8, 4) is 0 Å². The van der Waals surface area contributed by atoms with Gasteiger partial charge >= 0.3 is 12.1 Å². The molecule has 2 N–H and O–H groups in total. The molecule has 7 heteroatoms. The number of esters is 1. The second kappa shape index (κ2) is 9.94. The summed E-state index contributed by atoms with van der Waals surface area (Å²) < 4.78 is 10.0. The van der Waals surface area contributed by atoms with Crippen LogP contribution >= 0.6 is 0 Å². The van der Waals surface area contributed by atoms with E-state index in [2.05, 4.69) is 10.6 Å². The lowest BCUT2D eigenvalue weighted by atomic mass is 10.0. The number of methoxy groups -OCH3 is 1. The average molecular weight is 378 g/mol. The summed E-state index contributed by atoms with van der Waals surface area (Å²) >= 11 is 0. The van der Waals surface area contributed by atoms with Gasteiger partial charge in [-0.05, 0) is 32.3 Å². The highest BCUT2D eigenvalue weighted by Gasteiger charge is 2.30. The number of carbonyl (C=O) groups excluding carboxylic acids is 3. The third-order valence-electron chi connectivity index (χ3n) is 3.71. The highest BCUT2D eigenvalue weighted by molar-refractivity contribution is 5.90. The number of benzene rings is 1. The van der Waals surface area contributed by atoms with Crippen molar-refractivity contribution < 1.29 is 23.9 Å². The zero-order chi connectivity index (χ0) is 20.6. The van der Waals surface area contributed by atoms with Crippen LogP contribution in [0.1, 0.15) is 40.2 Å². The van der Waals surface area contributed by atoms with E-state index in [1.807, 2.05) is 30.3 Å². The Labute approximate surface area is 160 Å². The smallest absolute Gasteiger partial charge is 0.408 e. The summed E-state index contributed by atoms with van der Waals surface area (Å²) in [7, 11) is 1.27. The van der Waals surface area contributed by atoms with Gasteiger partial charge in [0.2, 0.25) is 5.91 Å². The molecule has 0 fully saturated rings. The van der Waals surface area contributed by atoms with E-state index in [0.29, 0.717) is 0 Å². The Morgan fingerprint density at radius 1 is 1.04 bits per heavy atom. The summed E-state index contributed by atoms with van der Waals surface area (Å²) in [6, 6.07) is 7.60. The minimum atomic E-state index is -0.855. The topological polar surface area (TPSA) is 93.7 Å². The number of hydrogen-bond acceptors (Lipinski definition) is 5. The van der Waals surface area contributed by atoms with E-state index in [4.69, 9.17) is 9.47 Å². The molecule has 0 unspecified atom stereocenters.